The van der Waals surface area contributed by atoms with Crippen LogP contribution in [-0.4, -0.2) is 61.1 Å². The maximum atomic E-state index is 12.5. The first kappa shape index (κ1) is 17.2. The molecule has 1 aliphatic heterocycles. The number of hydrogen-bond acceptors (Lipinski definition) is 5. The van der Waals surface area contributed by atoms with Gasteiger partial charge in [0, 0.05) is 31.4 Å². The van der Waals surface area contributed by atoms with Gasteiger partial charge in [0.05, 0.1) is 19.3 Å². The number of carbonyl (C=O) groups excluding carboxylic acids is 1. The van der Waals surface area contributed by atoms with Gasteiger partial charge in [-0.2, -0.15) is 0 Å². The Morgan fingerprint density at radius 3 is 2.84 bits per heavy atom. The van der Waals surface area contributed by atoms with Crippen molar-refractivity contribution in [3.05, 3.63) is 54.4 Å². The van der Waals surface area contributed by atoms with Crippen molar-refractivity contribution in [2.75, 3.05) is 40.4 Å². The quantitative estimate of drug-likeness (QED) is 0.832. The van der Waals surface area contributed by atoms with E-state index in [0.717, 1.165) is 17.9 Å². The summed E-state index contributed by atoms with van der Waals surface area (Å²) in [6.07, 6.45) is 3.28. The lowest BCUT2D eigenvalue weighted by Gasteiger charge is -2.40. The van der Waals surface area contributed by atoms with E-state index in [-0.39, 0.29) is 18.6 Å². The van der Waals surface area contributed by atoms with Crippen molar-refractivity contribution in [2.24, 2.45) is 0 Å². The van der Waals surface area contributed by atoms with Crippen LogP contribution in [0.25, 0.3) is 0 Å². The minimum Gasteiger partial charge on any atom is -0.496 e. The Labute approximate surface area is 148 Å². The summed E-state index contributed by atoms with van der Waals surface area (Å²) in [5, 5.41) is 0. The van der Waals surface area contributed by atoms with Crippen molar-refractivity contribution in [3.63, 3.8) is 0 Å². The fraction of sp³-hybridized carbons (Fsp3) is 0.368. The number of hydrogen-bond donors (Lipinski definition) is 0. The number of ether oxygens (including phenoxy) is 2. The number of aromatic nitrogens is 1. The van der Waals surface area contributed by atoms with Gasteiger partial charge in [-0.1, -0.05) is 18.2 Å². The fourth-order valence-electron chi connectivity index (χ4n) is 3.05. The van der Waals surface area contributed by atoms with E-state index < -0.39 is 0 Å². The van der Waals surface area contributed by atoms with Crippen molar-refractivity contribution in [1.82, 2.24) is 14.8 Å². The first-order chi connectivity index (χ1) is 12.2. The van der Waals surface area contributed by atoms with Crippen LogP contribution in [-0.2, 0) is 4.79 Å². The zero-order chi connectivity index (χ0) is 17.6. The van der Waals surface area contributed by atoms with E-state index in [4.69, 9.17) is 9.47 Å². The van der Waals surface area contributed by atoms with Crippen LogP contribution in [0, 0.1) is 0 Å². The third-order valence-corrected chi connectivity index (χ3v) is 4.50. The molecular weight excluding hydrogens is 318 g/mol. The molecule has 6 heteroatoms. The zero-order valence-corrected chi connectivity index (χ0v) is 14.6. The average molecular weight is 341 g/mol. The van der Waals surface area contributed by atoms with E-state index in [9.17, 15) is 4.79 Å². The molecule has 6 nitrogen and oxygen atoms in total. The van der Waals surface area contributed by atoms with E-state index in [1.54, 1.807) is 31.6 Å². The molecular formula is C19H23N3O3. The minimum atomic E-state index is -0.0168. The van der Waals surface area contributed by atoms with E-state index in [1.807, 2.05) is 23.1 Å². The monoisotopic (exact) mass is 341 g/mol. The lowest BCUT2D eigenvalue weighted by atomic mass is 10.0. The molecule has 1 saturated heterocycles. The molecule has 2 heterocycles. The van der Waals surface area contributed by atoms with Gasteiger partial charge in [0.1, 0.15) is 11.5 Å². The Bertz CT molecular complexity index is 708. The molecule has 0 aliphatic carbocycles. The number of pyridine rings is 1. The number of rotatable bonds is 5. The van der Waals surface area contributed by atoms with Gasteiger partial charge >= 0.3 is 0 Å². The second-order valence-electron chi connectivity index (χ2n) is 6.06. The summed E-state index contributed by atoms with van der Waals surface area (Å²) in [6, 6.07) is 11.6. The number of likely N-dealkylation sites (N-methyl/N-ethyl adjacent to an activating group) is 1. The maximum Gasteiger partial charge on any atom is 0.260 e. The molecule has 1 atom stereocenters. The summed E-state index contributed by atoms with van der Waals surface area (Å²) < 4.78 is 11.0. The molecule has 132 valence electrons. The van der Waals surface area contributed by atoms with Crippen LogP contribution < -0.4 is 9.47 Å². The number of piperazine rings is 1. The largest absolute Gasteiger partial charge is 0.496 e. The summed E-state index contributed by atoms with van der Waals surface area (Å²) in [5.41, 5.74) is 1.10. The number of amides is 1. The SMILES string of the molecule is COc1ccccc1[C@@H]1CN(C(=O)COc2cccnc2)CCN1C. The van der Waals surface area contributed by atoms with E-state index >= 15 is 0 Å². The summed E-state index contributed by atoms with van der Waals surface area (Å²) in [5.74, 6) is 1.43. The van der Waals surface area contributed by atoms with E-state index in [2.05, 4.69) is 23.0 Å². The molecule has 0 bridgehead atoms. The first-order valence-corrected chi connectivity index (χ1v) is 8.33. The Morgan fingerprint density at radius 1 is 1.24 bits per heavy atom. The normalized spacial score (nSPS) is 18.0. The van der Waals surface area contributed by atoms with Crippen LogP contribution in [0.1, 0.15) is 11.6 Å². The highest BCUT2D eigenvalue weighted by molar-refractivity contribution is 5.78. The Kier molecular flexibility index (Phi) is 5.50. The Morgan fingerprint density at radius 2 is 2.08 bits per heavy atom. The van der Waals surface area contributed by atoms with Gasteiger partial charge in [-0.25, -0.2) is 0 Å². The van der Waals surface area contributed by atoms with E-state index in [0.29, 0.717) is 18.8 Å². The highest BCUT2D eigenvalue weighted by Gasteiger charge is 2.30. The van der Waals surface area contributed by atoms with Crippen LogP contribution in [0.15, 0.2) is 48.8 Å². The predicted molar refractivity (Wildman–Crippen MR) is 94.7 cm³/mol. The number of benzene rings is 1. The molecule has 0 spiro atoms. The molecule has 1 aromatic carbocycles. The van der Waals surface area contributed by atoms with Crippen molar-refractivity contribution in [2.45, 2.75) is 6.04 Å². The lowest BCUT2D eigenvalue weighted by Crippen LogP contribution is -2.50. The second-order valence-corrected chi connectivity index (χ2v) is 6.06. The average Bonchev–Trinajstić information content (AvgIpc) is 2.67. The molecule has 1 fully saturated rings. The van der Waals surface area contributed by atoms with Crippen LogP contribution in [0.5, 0.6) is 11.5 Å². The molecule has 0 radical (unpaired) electrons. The molecule has 2 aromatic rings. The van der Waals surface area contributed by atoms with Crippen LogP contribution in [0.3, 0.4) is 0 Å². The topological polar surface area (TPSA) is 54.9 Å². The van der Waals surface area contributed by atoms with Crippen LogP contribution in [0.4, 0.5) is 0 Å². The molecule has 3 rings (SSSR count). The number of nitrogens with zero attached hydrogens (tertiary/aromatic N) is 3. The van der Waals surface area contributed by atoms with E-state index in [1.165, 1.54) is 0 Å². The highest BCUT2D eigenvalue weighted by atomic mass is 16.5. The highest BCUT2D eigenvalue weighted by Crippen LogP contribution is 2.31. The smallest absolute Gasteiger partial charge is 0.260 e. The molecule has 1 aliphatic rings. The third kappa shape index (κ3) is 4.09. The third-order valence-electron chi connectivity index (χ3n) is 4.50. The predicted octanol–water partition coefficient (Wildman–Crippen LogP) is 1.98. The van der Waals surface area contributed by atoms with Crippen molar-refractivity contribution < 1.29 is 14.3 Å². The zero-order valence-electron chi connectivity index (χ0n) is 14.6. The standard InChI is InChI=1S/C19H23N3O3/c1-21-10-11-22(19(23)14-25-15-6-5-9-20-12-15)13-17(21)16-7-3-4-8-18(16)24-2/h3-9,12,17H,10-11,13-14H2,1-2H3/t17-/m0/s1. The van der Waals surface area contributed by atoms with Crippen molar-refractivity contribution in [1.29, 1.82) is 0 Å². The Balaban J connectivity index is 1.66. The minimum absolute atomic E-state index is 0.0168. The lowest BCUT2D eigenvalue weighted by molar-refractivity contribution is -0.136. The number of methoxy groups -OCH3 is 1. The van der Waals surface area contributed by atoms with Crippen molar-refractivity contribution in [3.8, 4) is 11.5 Å². The summed E-state index contributed by atoms with van der Waals surface area (Å²) in [7, 11) is 3.75. The van der Waals surface area contributed by atoms with Gasteiger partial charge in [0.15, 0.2) is 6.61 Å². The van der Waals surface area contributed by atoms with Crippen LogP contribution in [0.2, 0.25) is 0 Å². The summed E-state index contributed by atoms with van der Waals surface area (Å²) >= 11 is 0. The molecule has 1 amide bonds. The molecule has 0 N–H and O–H groups in total. The summed E-state index contributed by atoms with van der Waals surface area (Å²) in [4.78, 5) is 20.6. The van der Waals surface area contributed by atoms with Crippen LogP contribution >= 0.6 is 0 Å². The van der Waals surface area contributed by atoms with Gasteiger partial charge in [-0.3, -0.25) is 14.7 Å². The maximum absolute atomic E-state index is 12.5. The first-order valence-electron chi connectivity index (χ1n) is 8.33. The molecule has 0 saturated carbocycles. The molecule has 25 heavy (non-hydrogen) atoms. The molecule has 0 unspecified atom stereocenters. The van der Waals surface area contributed by atoms with Gasteiger partial charge < -0.3 is 14.4 Å². The second kappa shape index (κ2) is 7.98. The van der Waals surface area contributed by atoms with Gasteiger partial charge in [0.2, 0.25) is 0 Å². The van der Waals surface area contributed by atoms with Gasteiger partial charge in [0.25, 0.3) is 5.91 Å². The number of carbonyl (C=O) groups is 1. The number of para-hydroxylation sites is 1. The van der Waals surface area contributed by atoms with Gasteiger partial charge in [-0.05, 0) is 25.2 Å². The van der Waals surface area contributed by atoms with Crippen molar-refractivity contribution >= 4 is 5.91 Å². The van der Waals surface area contributed by atoms with Gasteiger partial charge in [-0.15, -0.1) is 0 Å². The Hall–Kier alpha value is -2.60. The molecule has 1 aromatic heterocycles. The fourth-order valence-corrected chi connectivity index (χ4v) is 3.05. The summed E-state index contributed by atoms with van der Waals surface area (Å²) in [6.45, 7) is 2.14.